The second-order valence-corrected chi connectivity index (χ2v) is 37.6. The minimum atomic E-state index is -1.38. The van der Waals surface area contributed by atoms with Gasteiger partial charge in [0.05, 0.1) is 44.1 Å². The molecule has 0 aromatic heterocycles. The molecule has 0 bridgehead atoms. The van der Waals surface area contributed by atoms with Gasteiger partial charge in [0.2, 0.25) is 0 Å². The van der Waals surface area contributed by atoms with E-state index in [1.807, 2.05) is 0 Å². The van der Waals surface area contributed by atoms with Gasteiger partial charge in [0, 0.05) is 45.3 Å². The van der Waals surface area contributed by atoms with Crippen LogP contribution in [0.5, 0.6) is 11.5 Å². The lowest BCUT2D eigenvalue weighted by Gasteiger charge is -2.54. The van der Waals surface area contributed by atoms with E-state index in [9.17, 15) is 0 Å². The first-order chi connectivity index (χ1) is 67.5. The van der Waals surface area contributed by atoms with E-state index in [2.05, 4.69) is 524 Å². The molecule has 4 aliphatic heterocycles. The summed E-state index contributed by atoms with van der Waals surface area (Å²) in [6.07, 6.45) is 0. The van der Waals surface area contributed by atoms with Crippen LogP contribution in [0.25, 0.3) is 44.5 Å². The maximum absolute atomic E-state index is 7.94. The number of para-hydroxylation sites is 6. The van der Waals surface area contributed by atoms with Crippen LogP contribution in [0.15, 0.2) is 510 Å². The van der Waals surface area contributed by atoms with Crippen molar-refractivity contribution in [1.82, 2.24) is 0 Å². The SMILES string of the molecule is c1ccc(N2c3ccccc3B3c4ccccc4N(c4ccccc4)c4cc(N5c6c(C7(c8ccccc8)c8ccccc8-c8ccccc87)cc(C7(c8ccccc8)c8ccccc8-c8ccccc87)cc6C6(c7ccccc7Oc7ccccc76)c6cc(C7(c8ccccc8)c8ccccc8-c8ccccc87)cc(C7(c8ccccc8)c8ccccc8-c8ccccc87)c65)cc2c43)cc1. The van der Waals surface area contributed by atoms with Gasteiger partial charge in [-0.3, -0.25) is 0 Å². The Bertz CT molecular complexity index is 7890. The zero-order chi connectivity index (χ0) is 89.2. The van der Waals surface area contributed by atoms with Gasteiger partial charge in [-0.05, 0) is 222 Å². The third-order valence-electron chi connectivity index (χ3n) is 31.7. The molecule has 0 unspecified atom stereocenters. The number of benzene rings is 21. The molecular formula is C131H84BN3O. The molecule has 0 N–H and O–H groups in total. The number of hydrogen-bond donors (Lipinski definition) is 0. The minimum absolute atomic E-state index is 0.208. The number of fused-ring (bicyclic) bond motifs is 24. The molecule has 8 aliphatic rings. The summed E-state index contributed by atoms with van der Waals surface area (Å²) in [7, 11) is 0. The van der Waals surface area contributed by atoms with E-state index in [4.69, 9.17) is 4.74 Å². The first-order valence-corrected chi connectivity index (χ1v) is 47.6. The number of rotatable bonds is 11. The van der Waals surface area contributed by atoms with E-state index < -0.39 is 27.1 Å². The highest BCUT2D eigenvalue weighted by Gasteiger charge is 2.62. The molecule has 21 aromatic carbocycles. The van der Waals surface area contributed by atoms with Crippen molar-refractivity contribution in [3.8, 4) is 56.0 Å². The molecule has 0 atom stereocenters. The lowest BCUT2D eigenvalue weighted by atomic mass is 9.33. The van der Waals surface area contributed by atoms with Gasteiger partial charge in [-0.15, -0.1) is 0 Å². The summed E-state index contributed by atoms with van der Waals surface area (Å²) in [5, 5.41) is 0. The normalized spacial score (nSPS) is 15.2. The number of anilines is 9. The highest BCUT2D eigenvalue weighted by molar-refractivity contribution is 7.00. The Morgan fingerprint density at radius 2 is 0.397 bits per heavy atom. The maximum atomic E-state index is 7.94. The van der Waals surface area contributed by atoms with Crippen molar-refractivity contribution in [2.75, 3.05) is 14.7 Å². The molecule has 4 heterocycles. The number of hydrogen-bond acceptors (Lipinski definition) is 4. The summed E-state index contributed by atoms with van der Waals surface area (Å²) in [5.74, 6) is 1.55. The summed E-state index contributed by atoms with van der Waals surface area (Å²) in [4.78, 5) is 8.14. The van der Waals surface area contributed by atoms with Gasteiger partial charge in [-0.25, -0.2) is 0 Å². The number of ether oxygens (including phenoxy) is 1. The van der Waals surface area contributed by atoms with Gasteiger partial charge in [0.1, 0.15) is 11.5 Å². The Morgan fingerprint density at radius 1 is 0.162 bits per heavy atom. The molecule has 0 fully saturated rings. The van der Waals surface area contributed by atoms with E-state index in [0.29, 0.717) is 0 Å². The first kappa shape index (κ1) is 76.6. The second kappa shape index (κ2) is 28.9. The minimum Gasteiger partial charge on any atom is -0.457 e. The Hall–Kier alpha value is -17.1. The molecule has 5 heteroatoms. The van der Waals surface area contributed by atoms with Crippen molar-refractivity contribution in [2.24, 2.45) is 0 Å². The Kier molecular flexibility index (Phi) is 16.3. The molecule has 0 saturated heterocycles. The van der Waals surface area contributed by atoms with Gasteiger partial charge in [-0.2, -0.15) is 0 Å². The predicted octanol–water partition coefficient (Wildman–Crippen LogP) is 29.5. The lowest BCUT2D eigenvalue weighted by molar-refractivity contribution is 0.433. The fraction of sp³-hybridized carbons (Fsp3) is 0.0382. The summed E-state index contributed by atoms with van der Waals surface area (Å²) in [5.41, 5.74) is 40.1. The summed E-state index contributed by atoms with van der Waals surface area (Å²) in [6, 6.07) is 198. The molecule has 4 nitrogen and oxygen atoms in total. The first-order valence-electron chi connectivity index (χ1n) is 47.6. The van der Waals surface area contributed by atoms with Crippen LogP contribution < -0.4 is 35.8 Å². The van der Waals surface area contributed by atoms with Crippen LogP contribution in [0.3, 0.4) is 0 Å². The highest BCUT2D eigenvalue weighted by atomic mass is 16.5. The third kappa shape index (κ3) is 9.87. The quantitative estimate of drug-likeness (QED) is 0.120. The van der Waals surface area contributed by atoms with Crippen molar-refractivity contribution < 1.29 is 4.74 Å². The van der Waals surface area contributed by atoms with Gasteiger partial charge in [0.25, 0.3) is 6.71 Å². The molecule has 21 aromatic rings. The smallest absolute Gasteiger partial charge is 0.252 e. The van der Waals surface area contributed by atoms with Crippen molar-refractivity contribution in [1.29, 1.82) is 0 Å². The Morgan fingerprint density at radius 3 is 0.706 bits per heavy atom. The Labute approximate surface area is 792 Å². The fourth-order valence-electron chi connectivity index (χ4n) is 26.9. The largest absolute Gasteiger partial charge is 0.457 e. The molecule has 0 amide bonds. The number of nitrogens with zero attached hydrogens (tertiary/aromatic N) is 3. The zero-order valence-electron chi connectivity index (χ0n) is 74.3. The van der Waals surface area contributed by atoms with E-state index in [0.717, 1.165) is 129 Å². The van der Waals surface area contributed by atoms with Crippen molar-refractivity contribution in [2.45, 2.75) is 27.1 Å². The molecule has 0 saturated carbocycles. The monoisotopic (exact) mass is 1730 g/mol. The van der Waals surface area contributed by atoms with Crippen LogP contribution in [-0.2, 0) is 27.1 Å². The van der Waals surface area contributed by atoms with Crippen LogP contribution >= 0.6 is 0 Å². The van der Waals surface area contributed by atoms with E-state index in [-0.39, 0.29) is 6.71 Å². The molecule has 0 radical (unpaired) electrons. The molecular weight excluding hydrogens is 1640 g/mol. The standard InChI is InChI=1S/C131H84BN3O/c1-7-43-85(44-8-1)127(102-63-27-19-55-94(102)95-56-20-28-64-103(95)127)89-79-112(129(87-47-11-3-12-48-87)106-67-31-23-59-98(106)99-60-24-32-68-107(99)129)125-114(81-89)131(110-71-35-41-77-122(110)136-123-78-42-36-72-111(123)131)115-82-90(128(86-45-9-2-10-46-86)104-65-29-21-57-96(104)97-58-22-30-66-105(97)128)80-113(130(88-49-13-4-14-50-88)108-69-33-25-61-100(108)101-62-26-34-70-109(101)130)126(115)135(125)93-83-120-124-121(84-93)134(92-53-17-6-18-54-92)119-76-40-38-74-117(119)132(124)116-73-37-39-75-118(116)133(120)91-51-15-5-16-52-91/h1-84H. The van der Waals surface area contributed by atoms with Gasteiger partial charge in [-0.1, -0.05) is 449 Å². The third-order valence-corrected chi connectivity index (χ3v) is 31.7. The van der Waals surface area contributed by atoms with E-state index in [1.165, 1.54) is 105 Å². The summed E-state index contributed by atoms with van der Waals surface area (Å²) >= 11 is 0. The van der Waals surface area contributed by atoms with Gasteiger partial charge < -0.3 is 19.4 Å². The molecule has 4 aliphatic carbocycles. The molecule has 136 heavy (non-hydrogen) atoms. The van der Waals surface area contributed by atoms with Gasteiger partial charge >= 0.3 is 0 Å². The molecule has 632 valence electrons. The second-order valence-electron chi connectivity index (χ2n) is 37.6. The average Bonchev–Trinajstić information content (AvgIpc) is 1.23. The maximum Gasteiger partial charge on any atom is 0.252 e. The molecule has 29 rings (SSSR count). The van der Waals surface area contributed by atoms with Gasteiger partial charge in [0.15, 0.2) is 0 Å². The van der Waals surface area contributed by atoms with E-state index in [1.54, 1.807) is 0 Å². The lowest BCUT2D eigenvalue weighted by Crippen LogP contribution is -2.61. The van der Waals surface area contributed by atoms with Crippen LogP contribution in [0.1, 0.15) is 111 Å². The van der Waals surface area contributed by atoms with Crippen LogP contribution in [0, 0.1) is 0 Å². The van der Waals surface area contributed by atoms with Crippen LogP contribution in [-0.4, -0.2) is 6.71 Å². The summed E-state index contributed by atoms with van der Waals surface area (Å²) < 4.78 is 7.94. The van der Waals surface area contributed by atoms with E-state index >= 15 is 0 Å². The topological polar surface area (TPSA) is 19.0 Å². The van der Waals surface area contributed by atoms with Crippen molar-refractivity contribution in [3.63, 3.8) is 0 Å². The van der Waals surface area contributed by atoms with Crippen LogP contribution in [0.4, 0.5) is 51.2 Å². The summed E-state index contributed by atoms with van der Waals surface area (Å²) in [6.45, 7) is -0.208. The zero-order valence-corrected chi connectivity index (χ0v) is 74.3. The van der Waals surface area contributed by atoms with Crippen LogP contribution in [0.2, 0.25) is 0 Å². The highest BCUT2D eigenvalue weighted by Crippen LogP contribution is 2.73. The van der Waals surface area contributed by atoms with Crippen molar-refractivity contribution in [3.05, 3.63) is 621 Å². The molecule has 1 spiro atoms. The van der Waals surface area contributed by atoms with Crippen molar-refractivity contribution >= 4 is 74.3 Å². The average molecular weight is 1730 g/mol. The predicted molar refractivity (Wildman–Crippen MR) is 556 cm³/mol. The fourth-order valence-corrected chi connectivity index (χ4v) is 26.9. The Balaban J connectivity index is 0.926.